The number of rotatable bonds is 6. The van der Waals surface area contributed by atoms with E-state index in [-0.39, 0.29) is 12.0 Å². The highest BCUT2D eigenvalue weighted by atomic mass is 16.5. The molecule has 1 heterocycles. The quantitative estimate of drug-likeness (QED) is 0.881. The number of aryl methyl sites for hydroxylation is 1. The predicted octanol–water partition coefficient (Wildman–Crippen LogP) is 2.88. The molecule has 1 atom stereocenters. The molecule has 1 saturated heterocycles. The number of nitrogens with one attached hydrogen (secondary N) is 1. The summed E-state index contributed by atoms with van der Waals surface area (Å²) in [6, 6.07) is 18.2. The van der Waals surface area contributed by atoms with Crippen LogP contribution in [0.4, 0.5) is 0 Å². The summed E-state index contributed by atoms with van der Waals surface area (Å²) in [5, 5.41) is 3.00. The minimum absolute atomic E-state index is 0.0357. The largest absolute Gasteiger partial charge is 0.374 e. The summed E-state index contributed by atoms with van der Waals surface area (Å²) in [5.74, 6) is -0.0357. The molecule has 1 unspecified atom stereocenters. The molecule has 2 aromatic carbocycles. The highest BCUT2D eigenvalue weighted by molar-refractivity contribution is 5.94. The molecule has 0 aromatic heterocycles. The van der Waals surface area contributed by atoms with Crippen LogP contribution in [0.5, 0.6) is 0 Å². The van der Waals surface area contributed by atoms with Crippen molar-refractivity contribution in [2.45, 2.75) is 26.0 Å². The van der Waals surface area contributed by atoms with Gasteiger partial charge in [0.15, 0.2) is 0 Å². The molecule has 1 N–H and O–H groups in total. The molecule has 0 bridgehead atoms. The molecule has 4 nitrogen and oxygen atoms in total. The third-order valence-electron chi connectivity index (χ3n) is 4.59. The SMILES string of the molecule is CCc1ccc(C(=O)NCC2CN(Cc3ccccc3)CCO2)cc1. The van der Waals surface area contributed by atoms with Crippen molar-refractivity contribution in [1.82, 2.24) is 10.2 Å². The Morgan fingerprint density at radius 3 is 2.60 bits per heavy atom. The number of ether oxygens (including phenoxy) is 1. The number of hydrogen-bond acceptors (Lipinski definition) is 3. The third-order valence-corrected chi connectivity index (χ3v) is 4.59. The van der Waals surface area contributed by atoms with Gasteiger partial charge in [0.25, 0.3) is 5.91 Å². The van der Waals surface area contributed by atoms with Gasteiger partial charge in [-0.05, 0) is 29.7 Å². The molecule has 25 heavy (non-hydrogen) atoms. The molecular formula is C21H26N2O2. The highest BCUT2D eigenvalue weighted by Gasteiger charge is 2.21. The van der Waals surface area contributed by atoms with Crippen molar-refractivity contribution in [3.05, 3.63) is 71.3 Å². The number of nitrogens with zero attached hydrogens (tertiary/aromatic N) is 1. The van der Waals surface area contributed by atoms with Gasteiger partial charge in [-0.25, -0.2) is 0 Å². The number of carbonyl (C=O) groups is 1. The topological polar surface area (TPSA) is 41.6 Å². The molecule has 3 rings (SSSR count). The third kappa shape index (κ3) is 5.15. The van der Waals surface area contributed by atoms with Crippen LogP contribution in [0.2, 0.25) is 0 Å². The molecule has 0 spiro atoms. The Morgan fingerprint density at radius 2 is 1.88 bits per heavy atom. The summed E-state index contributed by atoms with van der Waals surface area (Å²) in [5.41, 5.74) is 3.25. The molecule has 132 valence electrons. The van der Waals surface area contributed by atoms with Crippen LogP contribution in [0.25, 0.3) is 0 Å². The fourth-order valence-electron chi connectivity index (χ4n) is 3.09. The Balaban J connectivity index is 1.48. The predicted molar refractivity (Wildman–Crippen MR) is 99.6 cm³/mol. The smallest absolute Gasteiger partial charge is 0.251 e. The lowest BCUT2D eigenvalue weighted by molar-refractivity contribution is -0.0292. The molecule has 0 radical (unpaired) electrons. The molecule has 2 aromatic rings. The summed E-state index contributed by atoms with van der Waals surface area (Å²) in [7, 11) is 0. The van der Waals surface area contributed by atoms with Crippen molar-refractivity contribution in [3.63, 3.8) is 0 Å². The Bertz CT molecular complexity index is 670. The van der Waals surface area contributed by atoms with Crippen LogP contribution < -0.4 is 5.32 Å². The lowest BCUT2D eigenvalue weighted by atomic mass is 10.1. The second-order valence-electron chi connectivity index (χ2n) is 6.47. The maximum atomic E-state index is 12.3. The average Bonchev–Trinajstić information content (AvgIpc) is 2.67. The highest BCUT2D eigenvalue weighted by Crippen LogP contribution is 2.10. The van der Waals surface area contributed by atoms with E-state index in [2.05, 4.69) is 41.4 Å². The van der Waals surface area contributed by atoms with E-state index in [9.17, 15) is 4.79 Å². The van der Waals surface area contributed by atoms with E-state index in [1.54, 1.807) is 0 Å². The van der Waals surface area contributed by atoms with Crippen molar-refractivity contribution < 1.29 is 9.53 Å². The minimum atomic E-state index is -0.0357. The first-order valence-corrected chi connectivity index (χ1v) is 8.99. The molecule has 0 aliphatic carbocycles. The Kier molecular flexibility index (Phi) is 6.20. The van der Waals surface area contributed by atoms with Crippen molar-refractivity contribution in [1.29, 1.82) is 0 Å². The first kappa shape index (κ1) is 17.6. The van der Waals surface area contributed by atoms with Crippen LogP contribution >= 0.6 is 0 Å². The lowest BCUT2D eigenvalue weighted by Gasteiger charge is -2.33. The van der Waals surface area contributed by atoms with Crippen LogP contribution in [-0.4, -0.2) is 43.2 Å². The molecule has 1 aliphatic heterocycles. The summed E-state index contributed by atoms with van der Waals surface area (Å²) in [6.45, 7) is 6.05. The van der Waals surface area contributed by atoms with E-state index in [4.69, 9.17) is 4.74 Å². The number of amides is 1. The Morgan fingerprint density at radius 1 is 1.12 bits per heavy atom. The molecular weight excluding hydrogens is 312 g/mol. The minimum Gasteiger partial charge on any atom is -0.374 e. The molecule has 1 fully saturated rings. The first-order chi connectivity index (χ1) is 12.2. The van der Waals surface area contributed by atoms with E-state index in [0.717, 1.165) is 26.1 Å². The fraction of sp³-hybridized carbons (Fsp3) is 0.381. The van der Waals surface area contributed by atoms with Crippen molar-refractivity contribution in [2.24, 2.45) is 0 Å². The van der Waals surface area contributed by atoms with Gasteiger partial charge in [0.05, 0.1) is 12.7 Å². The van der Waals surface area contributed by atoms with Gasteiger partial charge in [0.1, 0.15) is 0 Å². The van der Waals surface area contributed by atoms with Crippen LogP contribution in [-0.2, 0) is 17.7 Å². The van der Waals surface area contributed by atoms with E-state index < -0.39 is 0 Å². The van der Waals surface area contributed by atoms with Crippen LogP contribution in [0.15, 0.2) is 54.6 Å². The lowest BCUT2D eigenvalue weighted by Crippen LogP contribution is -2.47. The van der Waals surface area contributed by atoms with Gasteiger partial charge in [-0.15, -0.1) is 0 Å². The van der Waals surface area contributed by atoms with E-state index in [1.165, 1.54) is 11.1 Å². The maximum absolute atomic E-state index is 12.3. The number of benzene rings is 2. The van der Waals surface area contributed by atoms with E-state index in [1.807, 2.05) is 30.3 Å². The van der Waals surface area contributed by atoms with Crippen LogP contribution in [0.3, 0.4) is 0 Å². The van der Waals surface area contributed by atoms with Crippen molar-refractivity contribution in [3.8, 4) is 0 Å². The van der Waals surface area contributed by atoms with Gasteiger partial charge in [-0.2, -0.15) is 0 Å². The summed E-state index contributed by atoms with van der Waals surface area (Å²) in [6.07, 6.45) is 1.02. The summed E-state index contributed by atoms with van der Waals surface area (Å²) in [4.78, 5) is 14.7. The number of morpholine rings is 1. The molecule has 0 saturated carbocycles. The zero-order chi connectivity index (χ0) is 17.5. The monoisotopic (exact) mass is 338 g/mol. The van der Waals surface area contributed by atoms with Crippen LogP contribution in [0, 0.1) is 0 Å². The number of hydrogen-bond donors (Lipinski definition) is 1. The van der Waals surface area contributed by atoms with Gasteiger partial charge in [-0.3, -0.25) is 9.69 Å². The summed E-state index contributed by atoms with van der Waals surface area (Å²) >= 11 is 0. The standard InChI is InChI=1S/C21H26N2O2/c1-2-17-8-10-19(11-9-17)21(24)22-14-20-16-23(12-13-25-20)15-18-6-4-3-5-7-18/h3-11,20H,2,12-16H2,1H3,(H,22,24). The second-order valence-corrected chi connectivity index (χ2v) is 6.47. The zero-order valence-electron chi connectivity index (χ0n) is 14.8. The van der Waals surface area contributed by atoms with Gasteiger partial charge < -0.3 is 10.1 Å². The fourth-order valence-corrected chi connectivity index (χ4v) is 3.09. The van der Waals surface area contributed by atoms with Gasteiger partial charge in [-0.1, -0.05) is 49.4 Å². The van der Waals surface area contributed by atoms with Gasteiger partial charge >= 0.3 is 0 Å². The van der Waals surface area contributed by atoms with Crippen LogP contribution in [0.1, 0.15) is 28.4 Å². The van der Waals surface area contributed by atoms with E-state index in [0.29, 0.717) is 18.7 Å². The van der Waals surface area contributed by atoms with E-state index >= 15 is 0 Å². The summed E-state index contributed by atoms with van der Waals surface area (Å²) < 4.78 is 5.81. The first-order valence-electron chi connectivity index (χ1n) is 8.99. The average molecular weight is 338 g/mol. The Labute approximate surface area is 149 Å². The Hall–Kier alpha value is -2.17. The van der Waals surface area contributed by atoms with Gasteiger partial charge in [0, 0.05) is 31.7 Å². The normalized spacial score (nSPS) is 18.0. The van der Waals surface area contributed by atoms with Crippen molar-refractivity contribution in [2.75, 3.05) is 26.2 Å². The van der Waals surface area contributed by atoms with Gasteiger partial charge in [0.2, 0.25) is 0 Å². The molecule has 1 amide bonds. The maximum Gasteiger partial charge on any atom is 0.251 e. The molecule has 4 heteroatoms. The van der Waals surface area contributed by atoms with Crippen molar-refractivity contribution >= 4 is 5.91 Å². The number of carbonyl (C=O) groups excluding carboxylic acids is 1. The second kappa shape index (κ2) is 8.79. The zero-order valence-corrected chi connectivity index (χ0v) is 14.8. The molecule has 1 aliphatic rings.